The van der Waals surface area contributed by atoms with Gasteiger partial charge in [-0.25, -0.2) is 0 Å². The zero-order chi connectivity index (χ0) is 24.5. The summed E-state index contributed by atoms with van der Waals surface area (Å²) in [6.07, 6.45) is -7.10. The quantitative estimate of drug-likeness (QED) is 0.405. The molecule has 1 amide bonds. The molecule has 13 heteroatoms. The van der Waals surface area contributed by atoms with Crippen molar-refractivity contribution in [3.05, 3.63) is 24.3 Å². The Balaban J connectivity index is 1.49. The van der Waals surface area contributed by atoms with Crippen molar-refractivity contribution in [3.8, 4) is 5.75 Å². The highest BCUT2D eigenvalue weighted by atomic mass is 32.1. The van der Waals surface area contributed by atoms with E-state index in [0.29, 0.717) is 32.0 Å². The van der Waals surface area contributed by atoms with Crippen molar-refractivity contribution < 1.29 is 37.7 Å². The molecule has 34 heavy (non-hydrogen) atoms. The molecule has 0 spiro atoms. The van der Waals surface area contributed by atoms with Gasteiger partial charge in [-0.2, -0.15) is 0 Å². The van der Waals surface area contributed by atoms with Gasteiger partial charge in [-0.15, -0.1) is 13.2 Å². The summed E-state index contributed by atoms with van der Waals surface area (Å²) in [5, 5.41) is 27.0. The first-order valence-corrected chi connectivity index (χ1v) is 11.4. The van der Waals surface area contributed by atoms with Crippen molar-refractivity contribution in [2.24, 2.45) is 5.92 Å². The zero-order valence-corrected chi connectivity index (χ0v) is 19.0. The molecule has 5 atom stereocenters. The second kappa shape index (κ2) is 10.2. The molecule has 0 radical (unpaired) electrons. The molecule has 3 fully saturated rings. The maximum atomic E-state index is 13.1. The van der Waals surface area contributed by atoms with Crippen LogP contribution in [0.15, 0.2) is 24.3 Å². The Morgan fingerprint density at radius 1 is 1.24 bits per heavy atom. The van der Waals surface area contributed by atoms with Crippen LogP contribution in [-0.2, 0) is 9.53 Å². The van der Waals surface area contributed by atoms with Gasteiger partial charge in [0.15, 0.2) is 5.11 Å². The van der Waals surface area contributed by atoms with Crippen molar-refractivity contribution in [1.29, 1.82) is 0 Å². The fraction of sp³-hybridized carbons (Fsp3) is 0.619. The van der Waals surface area contributed by atoms with Gasteiger partial charge in [0.2, 0.25) is 5.91 Å². The van der Waals surface area contributed by atoms with E-state index in [-0.39, 0.29) is 23.2 Å². The molecule has 1 aromatic carbocycles. The molecule has 0 bridgehead atoms. The van der Waals surface area contributed by atoms with E-state index in [2.05, 4.69) is 20.3 Å². The molecule has 1 saturated carbocycles. The van der Waals surface area contributed by atoms with Crippen LogP contribution in [0.4, 0.5) is 18.9 Å². The molecule has 188 valence electrons. The number of halogens is 3. The number of benzene rings is 1. The molecule has 3 aliphatic rings. The number of aliphatic hydroxyl groups is 2. The number of fused-ring (bicyclic) bond motifs is 1. The fourth-order valence-electron chi connectivity index (χ4n) is 4.74. The number of alkyl halides is 3. The molecule has 4 N–H and O–H groups in total. The lowest BCUT2D eigenvalue weighted by atomic mass is 9.77. The summed E-state index contributed by atoms with van der Waals surface area (Å²) < 4.78 is 46.7. The Morgan fingerprint density at radius 3 is 2.56 bits per heavy atom. The van der Waals surface area contributed by atoms with Gasteiger partial charge in [-0.05, 0) is 42.9 Å². The Hall–Kier alpha value is -2.19. The predicted octanol–water partition coefficient (Wildman–Crippen LogP) is 0.207. The van der Waals surface area contributed by atoms with Crippen LogP contribution in [0.25, 0.3) is 0 Å². The van der Waals surface area contributed by atoms with Crippen LogP contribution in [0, 0.1) is 5.92 Å². The first-order chi connectivity index (χ1) is 16.1. The third kappa shape index (κ3) is 5.54. The van der Waals surface area contributed by atoms with Crippen molar-refractivity contribution in [2.75, 3.05) is 44.3 Å². The summed E-state index contributed by atoms with van der Waals surface area (Å²) >= 11 is 5.42. The number of carbonyl (C=O) groups is 1. The van der Waals surface area contributed by atoms with Gasteiger partial charge in [0.25, 0.3) is 0 Å². The minimum Gasteiger partial charge on any atom is -0.406 e. The van der Waals surface area contributed by atoms with Gasteiger partial charge >= 0.3 is 6.36 Å². The number of aliphatic hydroxyl groups excluding tert-OH is 2. The minimum absolute atomic E-state index is 0.0157. The number of rotatable bonds is 6. The standard InChI is InChI=1S/C21H27F3N4O5S/c22-21(23,24)33-13-3-1-12(2-4-13)28-17-14(11-15(29)18(30)16(17)26-20(28)34)19(31)25-5-6-27-7-9-32-10-8-27/h1-4,14-18,29-30H,5-11H2,(H,25,31)(H,26,34)/t14-,15-,16-,17-,18+/m1/s1. The number of carbonyl (C=O) groups excluding carboxylic acids is 1. The molecular formula is C21H27F3N4O5S. The monoisotopic (exact) mass is 504 g/mol. The predicted molar refractivity (Wildman–Crippen MR) is 119 cm³/mol. The highest BCUT2D eigenvalue weighted by Crippen LogP contribution is 2.37. The summed E-state index contributed by atoms with van der Waals surface area (Å²) in [6, 6.07) is 3.76. The number of anilines is 1. The van der Waals surface area contributed by atoms with E-state index < -0.39 is 36.6 Å². The normalized spacial score (nSPS) is 30.0. The Kier molecular flexibility index (Phi) is 7.48. The number of nitrogens with one attached hydrogen (secondary N) is 2. The first-order valence-electron chi connectivity index (χ1n) is 11.0. The first kappa shape index (κ1) is 24.9. The lowest BCUT2D eigenvalue weighted by Gasteiger charge is -2.41. The smallest absolute Gasteiger partial charge is 0.406 e. The molecule has 1 aliphatic carbocycles. The maximum Gasteiger partial charge on any atom is 0.573 e. The lowest BCUT2D eigenvalue weighted by Crippen LogP contribution is -2.61. The number of hydrogen-bond donors (Lipinski definition) is 4. The van der Waals surface area contributed by atoms with E-state index in [4.69, 9.17) is 17.0 Å². The van der Waals surface area contributed by atoms with E-state index in [0.717, 1.165) is 25.2 Å². The molecule has 1 aromatic rings. The van der Waals surface area contributed by atoms with Crippen molar-refractivity contribution in [1.82, 2.24) is 15.5 Å². The van der Waals surface area contributed by atoms with E-state index in [1.807, 2.05) is 0 Å². The number of morpholine rings is 1. The number of amides is 1. The van der Waals surface area contributed by atoms with Crippen LogP contribution in [0.3, 0.4) is 0 Å². The van der Waals surface area contributed by atoms with Crippen LogP contribution in [0.5, 0.6) is 5.75 Å². The van der Waals surface area contributed by atoms with Crippen LogP contribution >= 0.6 is 12.2 Å². The topological polar surface area (TPSA) is 107 Å². The average molecular weight is 505 g/mol. The Bertz CT molecular complexity index is 884. The van der Waals surface area contributed by atoms with Gasteiger partial charge in [0.05, 0.1) is 37.3 Å². The van der Waals surface area contributed by atoms with E-state index in [1.54, 1.807) is 4.90 Å². The molecule has 2 heterocycles. The summed E-state index contributed by atoms with van der Waals surface area (Å²) in [5.74, 6) is -1.39. The number of ether oxygens (including phenoxy) is 2. The summed E-state index contributed by atoms with van der Waals surface area (Å²) in [7, 11) is 0. The molecule has 2 saturated heterocycles. The van der Waals surface area contributed by atoms with Crippen LogP contribution in [-0.4, -0.2) is 96.2 Å². The third-order valence-electron chi connectivity index (χ3n) is 6.36. The number of hydrogen-bond acceptors (Lipinski definition) is 7. The molecule has 0 unspecified atom stereocenters. The summed E-state index contributed by atoms with van der Waals surface area (Å²) in [4.78, 5) is 16.9. The average Bonchev–Trinajstić information content (AvgIpc) is 3.13. The van der Waals surface area contributed by atoms with Gasteiger partial charge < -0.3 is 35.2 Å². The summed E-state index contributed by atoms with van der Waals surface area (Å²) in [6.45, 7) is 3.93. The van der Waals surface area contributed by atoms with Gasteiger partial charge in [-0.3, -0.25) is 9.69 Å². The van der Waals surface area contributed by atoms with Crippen molar-refractivity contribution in [3.63, 3.8) is 0 Å². The van der Waals surface area contributed by atoms with Gasteiger partial charge in [-0.1, -0.05) is 0 Å². The van der Waals surface area contributed by atoms with Crippen molar-refractivity contribution >= 4 is 28.9 Å². The van der Waals surface area contributed by atoms with Crippen LogP contribution < -0.4 is 20.3 Å². The lowest BCUT2D eigenvalue weighted by molar-refractivity contribution is -0.274. The number of nitrogens with zero attached hydrogens (tertiary/aromatic N) is 2. The molecule has 9 nitrogen and oxygen atoms in total. The van der Waals surface area contributed by atoms with Gasteiger partial charge in [0, 0.05) is 31.9 Å². The second-order valence-corrected chi connectivity index (χ2v) is 8.91. The molecule has 4 rings (SSSR count). The second-order valence-electron chi connectivity index (χ2n) is 8.52. The zero-order valence-electron chi connectivity index (χ0n) is 18.2. The SMILES string of the molecule is O=C(NCCN1CCOCC1)[C@@H]1C[C@@H](O)[C@H](O)[C@@H]2NC(=S)N(c3ccc(OC(F)(F)F)cc3)[C@@H]21. The third-order valence-corrected chi connectivity index (χ3v) is 6.68. The molecule has 0 aromatic heterocycles. The van der Waals surface area contributed by atoms with E-state index >= 15 is 0 Å². The van der Waals surface area contributed by atoms with Crippen molar-refractivity contribution in [2.45, 2.75) is 37.1 Å². The highest BCUT2D eigenvalue weighted by Gasteiger charge is 2.54. The van der Waals surface area contributed by atoms with E-state index in [1.165, 1.54) is 12.1 Å². The number of thiocarbonyl (C=S) groups is 1. The Labute approximate surface area is 199 Å². The molecule has 2 aliphatic heterocycles. The van der Waals surface area contributed by atoms with Crippen LogP contribution in [0.1, 0.15) is 6.42 Å². The molecular weight excluding hydrogens is 477 g/mol. The fourth-order valence-corrected chi connectivity index (χ4v) is 5.11. The largest absolute Gasteiger partial charge is 0.573 e. The van der Waals surface area contributed by atoms with Crippen LogP contribution in [0.2, 0.25) is 0 Å². The summed E-state index contributed by atoms with van der Waals surface area (Å²) in [5.41, 5.74) is 0.439. The van der Waals surface area contributed by atoms with Gasteiger partial charge in [0.1, 0.15) is 11.9 Å². The Morgan fingerprint density at radius 2 is 1.91 bits per heavy atom. The maximum absolute atomic E-state index is 13.1. The highest BCUT2D eigenvalue weighted by molar-refractivity contribution is 7.80. The van der Waals surface area contributed by atoms with E-state index in [9.17, 15) is 28.2 Å². The minimum atomic E-state index is -4.81.